The fourth-order valence-corrected chi connectivity index (χ4v) is 0.933. The molecule has 0 saturated heterocycles. The molecule has 0 fully saturated rings. The van der Waals surface area contributed by atoms with Gasteiger partial charge in [-0.2, -0.15) is 0 Å². The van der Waals surface area contributed by atoms with Gasteiger partial charge >= 0.3 is 0 Å². The Hall–Kier alpha value is -0.820. The van der Waals surface area contributed by atoms with Crippen LogP contribution < -0.4 is 0 Å². The van der Waals surface area contributed by atoms with Gasteiger partial charge in [0.05, 0.1) is 10.7 Å². The van der Waals surface area contributed by atoms with Crippen molar-refractivity contribution in [2.75, 3.05) is 0 Å². The molecule has 0 spiro atoms. The molecule has 0 aliphatic heterocycles. The maximum absolute atomic E-state index is 5.68. The lowest BCUT2D eigenvalue weighted by Crippen LogP contribution is -1.89. The first kappa shape index (κ1) is 8.28. The van der Waals surface area contributed by atoms with Gasteiger partial charge in [-0.25, -0.2) is 0 Å². The van der Waals surface area contributed by atoms with Crippen molar-refractivity contribution in [2.45, 2.75) is 13.3 Å². The Labute approximate surface area is 71.7 Å². The average Bonchev–Trinajstić information content (AvgIpc) is 2.05. The first-order valence-electron chi connectivity index (χ1n) is 3.54. The van der Waals surface area contributed by atoms with Crippen LogP contribution >= 0.6 is 11.6 Å². The van der Waals surface area contributed by atoms with Crippen molar-refractivity contribution in [3.63, 3.8) is 0 Å². The third kappa shape index (κ3) is 2.05. The molecule has 0 radical (unpaired) electrons. The van der Waals surface area contributed by atoms with Gasteiger partial charge in [-0.15, -0.1) is 0 Å². The summed E-state index contributed by atoms with van der Waals surface area (Å²) in [7, 11) is 0. The third-order valence-corrected chi connectivity index (χ3v) is 1.64. The summed E-state index contributed by atoms with van der Waals surface area (Å²) in [4.78, 5) is 4.26. The number of aryl methyl sites for hydroxylation is 1. The number of halogens is 1. The average molecular weight is 168 g/mol. The predicted octanol–water partition coefficient (Wildman–Crippen LogP) is 2.85. The summed E-state index contributed by atoms with van der Waals surface area (Å²) in [5.74, 6) is 0. The zero-order valence-electron chi connectivity index (χ0n) is 6.47. The van der Waals surface area contributed by atoms with Gasteiger partial charge in [-0.3, -0.25) is 4.98 Å². The van der Waals surface area contributed by atoms with Crippen molar-refractivity contribution in [3.8, 4) is 0 Å². The summed E-state index contributed by atoms with van der Waals surface area (Å²) in [5.41, 5.74) is 1.82. The highest BCUT2D eigenvalue weighted by molar-refractivity contribution is 6.48. The van der Waals surface area contributed by atoms with E-state index in [1.807, 2.05) is 18.2 Å². The van der Waals surface area contributed by atoms with Crippen LogP contribution in [0.15, 0.2) is 24.8 Å². The normalized spacial score (nSPS) is 9.64. The van der Waals surface area contributed by atoms with Gasteiger partial charge in [0.25, 0.3) is 0 Å². The van der Waals surface area contributed by atoms with Gasteiger partial charge in [0, 0.05) is 5.69 Å². The van der Waals surface area contributed by atoms with Crippen LogP contribution in [-0.4, -0.2) is 4.98 Å². The Bertz CT molecular complexity index is 268. The van der Waals surface area contributed by atoms with Crippen LogP contribution in [0.4, 0.5) is 0 Å². The van der Waals surface area contributed by atoms with Crippen molar-refractivity contribution in [1.29, 1.82) is 0 Å². The maximum atomic E-state index is 5.68. The molecule has 1 nitrogen and oxygen atoms in total. The standard InChI is InChI=1S/C9H10ClN/c1-3-8-5-4-6-9(11-8)7(2)10/h4-6H,2-3H2,1H3. The highest BCUT2D eigenvalue weighted by Crippen LogP contribution is 2.13. The number of rotatable bonds is 2. The molecule has 1 aromatic heterocycles. The third-order valence-electron chi connectivity index (χ3n) is 1.45. The van der Waals surface area contributed by atoms with Crippen molar-refractivity contribution >= 4 is 16.6 Å². The minimum absolute atomic E-state index is 0.500. The van der Waals surface area contributed by atoms with Gasteiger partial charge < -0.3 is 0 Å². The summed E-state index contributed by atoms with van der Waals surface area (Å²) in [6.45, 7) is 5.66. The smallest absolute Gasteiger partial charge is 0.0813 e. The lowest BCUT2D eigenvalue weighted by molar-refractivity contribution is 1.03. The van der Waals surface area contributed by atoms with Crippen molar-refractivity contribution in [2.24, 2.45) is 0 Å². The Kier molecular flexibility index (Phi) is 2.66. The zero-order valence-corrected chi connectivity index (χ0v) is 7.23. The number of pyridine rings is 1. The van der Waals surface area contributed by atoms with Crippen LogP contribution in [0, 0.1) is 0 Å². The molecule has 0 bridgehead atoms. The Morgan fingerprint density at radius 3 is 2.91 bits per heavy atom. The zero-order chi connectivity index (χ0) is 8.27. The number of nitrogens with zero attached hydrogens (tertiary/aromatic N) is 1. The molecule has 0 aromatic carbocycles. The Morgan fingerprint density at radius 2 is 2.36 bits per heavy atom. The molecule has 0 amide bonds. The van der Waals surface area contributed by atoms with E-state index >= 15 is 0 Å². The van der Waals surface area contributed by atoms with E-state index < -0.39 is 0 Å². The lowest BCUT2D eigenvalue weighted by Gasteiger charge is -1.98. The van der Waals surface area contributed by atoms with Crippen molar-refractivity contribution in [3.05, 3.63) is 36.2 Å². The second-order valence-corrected chi connectivity index (χ2v) is 2.73. The number of hydrogen-bond acceptors (Lipinski definition) is 1. The second-order valence-electron chi connectivity index (χ2n) is 2.27. The summed E-state index contributed by atoms with van der Waals surface area (Å²) in [5, 5.41) is 0.500. The molecule has 11 heavy (non-hydrogen) atoms. The lowest BCUT2D eigenvalue weighted by atomic mass is 10.2. The SMILES string of the molecule is C=C(Cl)c1cccc(CC)n1. The molecule has 0 saturated carbocycles. The highest BCUT2D eigenvalue weighted by Gasteiger charge is 1.96. The van der Waals surface area contributed by atoms with Gasteiger partial charge in [0.1, 0.15) is 0 Å². The van der Waals surface area contributed by atoms with Crippen LogP contribution in [0.5, 0.6) is 0 Å². The maximum Gasteiger partial charge on any atom is 0.0813 e. The first-order valence-corrected chi connectivity index (χ1v) is 3.92. The molecule has 1 aromatic rings. The van der Waals surface area contributed by atoms with Gasteiger partial charge in [0.2, 0.25) is 0 Å². The molecule has 0 unspecified atom stereocenters. The molecule has 0 aliphatic carbocycles. The van der Waals surface area contributed by atoms with E-state index in [4.69, 9.17) is 11.6 Å². The van der Waals surface area contributed by atoms with Gasteiger partial charge in [0.15, 0.2) is 0 Å². The predicted molar refractivity (Wildman–Crippen MR) is 48.5 cm³/mol. The Morgan fingerprint density at radius 1 is 1.64 bits per heavy atom. The van der Waals surface area contributed by atoms with E-state index in [0.29, 0.717) is 5.03 Å². The van der Waals surface area contributed by atoms with Crippen LogP contribution in [0.25, 0.3) is 5.03 Å². The fourth-order valence-electron chi connectivity index (χ4n) is 0.828. The molecule has 1 rings (SSSR count). The van der Waals surface area contributed by atoms with E-state index in [2.05, 4.69) is 18.5 Å². The molecule has 1 heterocycles. The summed E-state index contributed by atoms with van der Waals surface area (Å²) < 4.78 is 0. The molecule has 2 heteroatoms. The summed E-state index contributed by atoms with van der Waals surface area (Å²) >= 11 is 5.68. The van der Waals surface area contributed by atoms with E-state index in [-0.39, 0.29) is 0 Å². The topological polar surface area (TPSA) is 12.9 Å². The quantitative estimate of drug-likeness (QED) is 0.660. The summed E-state index contributed by atoms with van der Waals surface area (Å²) in [6, 6.07) is 5.77. The van der Waals surface area contributed by atoms with Crippen molar-refractivity contribution < 1.29 is 0 Å². The largest absolute Gasteiger partial charge is 0.252 e. The van der Waals surface area contributed by atoms with Gasteiger partial charge in [-0.05, 0) is 18.6 Å². The van der Waals surface area contributed by atoms with Crippen LogP contribution in [0.2, 0.25) is 0 Å². The monoisotopic (exact) mass is 167 g/mol. The van der Waals surface area contributed by atoms with Gasteiger partial charge in [-0.1, -0.05) is 31.2 Å². The number of aromatic nitrogens is 1. The summed E-state index contributed by atoms with van der Waals surface area (Å²) in [6.07, 6.45) is 0.929. The van der Waals surface area contributed by atoms with Crippen LogP contribution in [-0.2, 0) is 6.42 Å². The molecule has 0 aliphatic rings. The molecular formula is C9H10ClN. The fraction of sp³-hybridized carbons (Fsp3) is 0.222. The molecule has 0 N–H and O–H groups in total. The minimum atomic E-state index is 0.500. The molecule has 0 atom stereocenters. The van der Waals surface area contributed by atoms with E-state index in [9.17, 15) is 0 Å². The minimum Gasteiger partial charge on any atom is -0.252 e. The van der Waals surface area contributed by atoms with E-state index in [1.54, 1.807) is 0 Å². The van der Waals surface area contributed by atoms with E-state index in [0.717, 1.165) is 17.8 Å². The molecule has 58 valence electrons. The first-order chi connectivity index (χ1) is 5.24. The van der Waals surface area contributed by atoms with Crippen molar-refractivity contribution in [1.82, 2.24) is 4.98 Å². The highest BCUT2D eigenvalue weighted by atomic mass is 35.5. The van der Waals surface area contributed by atoms with E-state index in [1.165, 1.54) is 0 Å². The van der Waals surface area contributed by atoms with Crippen LogP contribution in [0.1, 0.15) is 18.3 Å². The second kappa shape index (κ2) is 3.54. The Balaban J connectivity index is 3.01. The number of hydrogen-bond donors (Lipinski definition) is 0. The molecular weight excluding hydrogens is 158 g/mol. The van der Waals surface area contributed by atoms with Crippen LogP contribution in [0.3, 0.4) is 0 Å².